The highest BCUT2D eigenvalue weighted by Crippen LogP contribution is 2.10. The zero-order valence-corrected chi connectivity index (χ0v) is 10.4. The molecule has 0 radical (unpaired) electrons. The minimum absolute atomic E-state index is 0.383. The van der Waals surface area contributed by atoms with Gasteiger partial charge in [0.2, 0.25) is 0 Å². The lowest BCUT2D eigenvalue weighted by Gasteiger charge is -2.27. The Hall–Kier alpha value is -1.92. The molecule has 0 amide bonds. The maximum atomic E-state index is 12.0. The van der Waals surface area contributed by atoms with Crippen LogP contribution in [0.1, 0.15) is 0 Å². The fraction of sp³-hybridized carbons (Fsp3) is 0.385. The molecule has 2 heterocycles. The van der Waals surface area contributed by atoms with Crippen molar-refractivity contribution in [2.45, 2.75) is 6.67 Å². The summed E-state index contributed by atoms with van der Waals surface area (Å²) in [5.41, 5.74) is -0.379. The van der Waals surface area contributed by atoms with Gasteiger partial charge in [0.05, 0.1) is 25.4 Å². The third kappa shape index (κ3) is 2.32. The Labute approximate surface area is 108 Å². The van der Waals surface area contributed by atoms with Gasteiger partial charge in [-0.2, -0.15) is 0 Å². The van der Waals surface area contributed by atoms with Gasteiger partial charge < -0.3 is 9.15 Å². The normalized spacial score (nSPS) is 16.8. The molecule has 2 aromatic rings. The number of rotatable bonds is 2. The van der Waals surface area contributed by atoms with Crippen molar-refractivity contribution in [3.63, 3.8) is 0 Å². The lowest BCUT2D eigenvalue weighted by molar-refractivity contribution is 0.0234. The first-order chi connectivity index (χ1) is 9.25. The van der Waals surface area contributed by atoms with Crippen molar-refractivity contribution < 1.29 is 9.15 Å². The lowest BCUT2D eigenvalue weighted by Crippen LogP contribution is -2.43. The highest BCUT2D eigenvalue weighted by atomic mass is 16.5. The highest BCUT2D eigenvalue weighted by molar-refractivity contribution is 5.71. The molecular formula is C13H14N2O4. The van der Waals surface area contributed by atoms with Crippen LogP contribution in [0.2, 0.25) is 0 Å². The Balaban J connectivity index is 2.08. The summed E-state index contributed by atoms with van der Waals surface area (Å²) >= 11 is 0. The Bertz CT molecular complexity index is 698. The van der Waals surface area contributed by atoms with Crippen LogP contribution in [0, 0.1) is 0 Å². The predicted octanol–water partition coefficient (Wildman–Crippen LogP) is 0.244. The fourth-order valence-corrected chi connectivity index (χ4v) is 2.21. The van der Waals surface area contributed by atoms with Gasteiger partial charge in [0.15, 0.2) is 5.58 Å². The van der Waals surface area contributed by atoms with Gasteiger partial charge in [-0.3, -0.25) is 14.3 Å². The maximum absolute atomic E-state index is 12.0. The fourth-order valence-electron chi connectivity index (χ4n) is 2.21. The second kappa shape index (κ2) is 4.99. The lowest BCUT2D eigenvalue weighted by atomic mass is 10.3. The molecule has 1 aromatic carbocycles. The van der Waals surface area contributed by atoms with Gasteiger partial charge in [-0.05, 0) is 12.1 Å². The molecule has 100 valence electrons. The molecule has 1 saturated heterocycles. The molecule has 3 rings (SSSR count). The first-order valence-electron chi connectivity index (χ1n) is 6.18. The summed E-state index contributed by atoms with van der Waals surface area (Å²) in [6.45, 7) is 3.18. The number of morpholine rings is 1. The van der Waals surface area contributed by atoms with E-state index in [1.165, 1.54) is 4.57 Å². The predicted molar refractivity (Wildman–Crippen MR) is 69.1 cm³/mol. The highest BCUT2D eigenvalue weighted by Gasteiger charge is 2.15. The summed E-state index contributed by atoms with van der Waals surface area (Å²) < 4.78 is 11.7. The molecule has 6 nitrogen and oxygen atoms in total. The molecule has 6 heteroatoms. The molecular weight excluding hydrogens is 248 g/mol. The van der Waals surface area contributed by atoms with Crippen molar-refractivity contribution in [1.29, 1.82) is 0 Å². The van der Waals surface area contributed by atoms with E-state index in [4.69, 9.17) is 9.15 Å². The summed E-state index contributed by atoms with van der Waals surface area (Å²) in [4.78, 5) is 25.6. The summed E-state index contributed by atoms with van der Waals surface area (Å²) in [6.07, 6.45) is 0. The molecule has 0 spiro atoms. The van der Waals surface area contributed by atoms with E-state index in [1.807, 2.05) is 6.07 Å². The first kappa shape index (κ1) is 12.1. The number of nitrogens with zero attached hydrogens (tertiary/aromatic N) is 2. The second-order valence-corrected chi connectivity index (χ2v) is 4.46. The Morgan fingerprint density at radius 2 is 1.84 bits per heavy atom. The molecule has 0 unspecified atom stereocenters. The van der Waals surface area contributed by atoms with E-state index in [1.54, 1.807) is 18.2 Å². The number of aromatic nitrogens is 1. The van der Waals surface area contributed by atoms with Gasteiger partial charge in [0, 0.05) is 13.1 Å². The van der Waals surface area contributed by atoms with Gasteiger partial charge in [0.1, 0.15) is 0 Å². The number of para-hydroxylation sites is 2. The van der Waals surface area contributed by atoms with Gasteiger partial charge in [-0.1, -0.05) is 12.1 Å². The molecule has 1 fully saturated rings. The van der Waals surface area contributed by atoms with E-state index < -0.39 is 11.2 Å². The van der Waals surface area contributed by atoms with Gasteiger partial charge >= 0.3 is 11.2 Å². The van der Waals surface area contributed by atoms with Crippen LogP contribution in [-0.2, 0) is 11.4 Å². The molecule has 19 heavy (non-hydrogen) atoms. The van der Waals surface area contributed by atoms with Crippen molar-refractivity contribution in [1.82, 2.24) is 9.47 Å². The van der Waals surface area contributed by atoms with E-state index in [2.05, 4.69) is 4.90 Å². The standard InChI is InChI=1S/C13H14N2O4/c16-12-13(17)19-11-4-2-1-3-10(11)15(12)9-14-5-7-18-8-6-14/h1-4H,5-9H2. The Morgan fingerprint density at radius 1 is 1.11 bits per heavy atom. The average molecular weight is 262 g/mol. The van der Waals surface area contributed by atoms with E-state index in [9.17, 15) is 9.59 Å². The molecule has 0 aliphatic carbocycles. The smallest absolute Gasteiger partial charge is 0.402 e. The third-order valence-electron chi connectivity index (χ3n) is 3.22. The quantitative estimate of drug-likeness (QED) is 0.726. The minimum atomic E-state index is -0.827. The minimum Gasteiger partial charge on any atom is -0.417 e. The van der Waals surface area contributed by atoms with Crippen LogP contribution in [0.25, 0.3) is 11.1 Å². The molecule has 0 N–H and O–H groups in total. The van der Waals surface area contributed by atoms with Crippen LogP contribution in [0.15, 0.2) is 38.3 Å². The SMILES string of the molecule is O=c1oc2ccccc2n(CN2CCOCC2)c1=O. The van der Waals surface area contributed by atoms with Crippen LogP contribution < -0.4 is 11.2 Å². The largest absolute Gasteiger partial charge is 0.417 e. The van der Waals surface area contributed by atoms with Crippen LogP contribution in [0.5, 0.6) is 0 Å². The van der Waals surface area contributed by atoms with Gasteiger partial charge in [-0.25, -0.2) is 4.79 Å². The molecule has 0 atom stereocenters. The third-order valence-corrected chi connectivity index (χ3v) is 3.22. The number of hydrogen-bond acceptors (Lipinski definition) is 5. The van der Waals surface area contributed by atoms with E-state index >= 15 is 0 Å². The summed E-state index contributed by atoms with van der Waals surface area (Å²) in [6, 6.07) is 7.05. The summed E-state index contributed by atoms with van der Waals surface area (Å²) in [5, 5.41) is 0. The molecule has 0 bridgehead atoms. The Morgan fingerprint density at radius 3 is 2.63 bits per heavy atom. The first-order valence-corrected chi connectivity index (χ1v) is 6.18. The average Bonchev–Trinajstić information content (AvgIpc) is 2.45. The molecule has 0 saturated carbocycles. The monoisotopic (exact) mass is 262 g/mol. The van der Waals surface area contributed by atoms with Gasteiger partial charge in [-0.15, -0.1) is 0 Å². The summed E-state index contributed by atoms with van der Waals surface area (Å²) in [7, 11) is 0. The van der Waals surface area contributed by atoms with Crippen molar-refractivity contribution >= 4 is 11.1 Å². The van der Waals surface area contributed by atoms with Crippen LogP contribution in [0.4, 0.5) is 0 Å². The molecule has 1 aliphatic rings. The number of ether oxygens (including phenoxy) is 1. The van der Waals surface area contributed by atoms with E-state index in [0.717, 1.165) is 13.1 Å². The van der Waals surface area contributed by atoms with Crippen molar-refractivity contribution in [3.05, 3.63) is 45.0 Å². The Kier molecular flexibility index (Phi) is 3.18. The topological polar surface area (TPSA) is 64.7 Å². The van der Waals surface area contributed by atoms with E-state index in [0.29, 0.717) is 31.0 Å². The zero-order valence-electron chi connectivity index (χ0n) is 10.4. The molecule has 1 aromatic heterocycles. The van der Waals surface area contributed by atoms with Crippen molar-refractivity contribution in [3.8, 4) is 0 Å². The van der Waals surface area contributed by atoms with E-state index in [-0.39, 0.29) is 0 Å². The summed E-state index contributed by atoms with van der Waals surface area (Å²) in [5.74, 6) is 0. The number of hydrogen-bond donors (Lipinski definition) is 0. The molecule has 1 aliphatic heterocycles. The van der Waals surface area contributed by atoms with Crippen molar-refractivity contribution in [2.24, 2.45) is 0 Å². The van der Waals surface area contributed by atoms with Crippen molar-refractivity contribution in [2.75, 3.05) is 26.3 Å². The second-order valence-electron chi connectivity index (χ2n) is 4.46. The van der Waals surface area contributed by atoms with Crippen LogP contribution in [-0.4, -0.2) is 35.8 Å². The number of benzene rings is 1. The van der Waals surface area contributed by atoms with Crippen LogP contribution in [0.3, 0.4) is 0 Å². The maximum Gasteiger partial charge on any atom is 0.402 e. The number of fused-ring (bicyclic) bond motifs is 1. The van der Waals surface area contributed by atoms with Crippen LogP contribution >= 0.6 is 0 Å². The van der Waals surface area contributed by atoms with Gasteiger partial charge in [0.25, 0.3) is 0 Å². The zero-order chi connectivity index (χ0) is 13.2.